The molecule has 2 heterocycles. The summed E-state index contributed by atoms with van der Waals surface area (Å²) in [6.45, 7) is 11.2. The van der Waals surface area contributed by atoms with Crippen LogP contribution >= 0.6 is 11.8 Å². The zero-order valence-corrected chi connectivity index (χ0v) is 17.5. The summed E-state index contributed by atoms with van der Waals surface area (Å²) in [4.78, 5) is 11.8. The molecule has 0 atom stereocenters. The molecule has 27 heavy (non-hydrogen) atoms. The lowest BCUT2D eigenvalue weighted by atomic mass is 10.1. The van der Waals surface area contributed by atoms with Gasteiger partial charge < -0.3 is 14.8 Å². The summed E-state index contributed by atoms with van der Waals surface area (Å²) in [6.07, 6.45) is 4.94. The van der Waals surface area contributed by atoms with Crippen molar-refractivity contribution in [2.24, 2.45) is 4.99 Å². The van der Waals surface area contributed by atoms with Gasteiger partial charge in [-0.25, -0.2) is 9.98 Å². The summed E-state index contributed by atoms with van der Waals surface area (Å²) in [5.74, 6) is 3.17. The van der Waals surface area contributed by atoms with Crippen molar-refractivity contribution in [1.29, 1.82) is 0 Å². The Bertz CT molecular complexity index is 738. The maximum atomic E-state index is 4.90. The molecule has 0 bridgehead atoms. The fraction of sp³-hybridized carbons (Fsp3) is 0.524. The summed E-state index contributed by atoms with van der Waals surface area (Å²) in [6, 6.07) is 10.6. The van der Waals surface area contributed by atoms with E-state index in [9.17, 15) is 0 Å². The van der Waals surface area contributed by atoms with Crippen molar-refractivity contribution in [1.82, 2.24) is 19.8 Å². The Balaban J connectivity index is 1.65. The van der Waals surface area contributed by atoms with Crippen molar-refractivity contribution in [2.75, 3.05) is 25.4 Å². The number of benzene rings is 1. The summed E-state index contributed by atoms with van der Waals surface area (Å²) < 4.78 is 2.48. The molecule has 146 valence electrons. The number of imidazole rings is 1. The molecular weight excluding hydrogens is 354 g/mol. The molecule has 1 saturated heterocycles. The van der Waals surface area contributed by atoms with Crippen molar-refractivity contribution in [2.45, 2.75) is 45.0 Å². The van der Waals surface area contributed by atoms with E-state index in [-0.39, 0.29) is 4.75 Å². The van der Waals surface area contributed by atoms with E-state index in [2.05, 4.69) is 77.1 Å². The topological polar surface area (TPSA) is 45.5 Å². The van der Waals surface area contributed by atoms with E-state index in [1.807, 2.05) is 18.0 Å². The summed E-state index contributed by atoms with van der Waals surface area (Å²) in [5.41, 5.74) is 1.35. The van der Waals surface area contributed by atoms with Gasteiger partial charge in [-0.1, -0.05) is 30.3 Å². The normalized spacial score (nSPS) is 17.1. The smallest absolute Gasteiger partial charge is 0.194 e. The first kappa shape index (κ1) is 19.8. The lowest BCUT2D eigenvalue weighted by Gasteiger charge is -2.39. The van der Waals surface area contributed by atoms with Crippen LogP contribution in [0, 0.1) is 0 Å². The van der Waals surface area contributed by atoms with Gasteiger partial charge in [0.25, 0.3) is 0 Å². The number of guanidine groups is 1. The maximum Gasteiger partial charge on any atom is 0.194 e. The van der Waals surface area contributed by atoms with Crippen LogP contribution in [0.4, 0.5) is 0 Å². The third-order valence-electron chi connectivity index (χ3n) is 4.72. The average molecular weight is 386 g/mol. The molecule has 0 aliphatic carbocycles. The van der Waals surface area contributed by atoms with E-state index < -0.39 is 0 Å². The highest BCUT2D eigenvalue weighted by Gasteiger charge is 2.28. The molecule has 0 unspecified atom stereocenters. The van der Waals surface area contributed by atoms with Gasteiger partial charge >= 0.3 is 0 Å². The second-order valence-electron chi connectivity index (χ2n) is 7.47. The predicted octanol–water partition coefficient (Wildman–Crippen LogP) is 3.42. The second-order valence-corrected chi connectivity index (χ2v) is 9.27. The number of hydrogen-bond acceptors (Lipinski definition) is 3. The van der Waals surface area contributed by atoms with E-state index in [0.717, 1.165) is 50.1 Å². The van der Waals surface area contributed by atoms with Crippen LogP contribution in [-0.4, -0.2) is 50.5 Å². The van der Waals surface area contributed by atoms with Crippen LogP contribution < -0.4 is 5.32 Å². The van der Waals surface area contributed by atoms with Gasteiger partial charge in [-0.3, -0.25) is 0 Å². The Labute approximate surface area is 167 Å². The highest BCUT2D eigenvalue weighted by molar-refractivity contribution is 8.00. The Morgan fingerprint density at radius 3 is 2.85 bits per heavy atom. The van der Waals surface area contributed by atoms with Gasteiger partial charge in [0.15, 0.2) is 5.96 Å². The van der Waals surface area contributed by atoms with Crippen LogP contribution in [0.3, 0.4) is 0 Å². The Morgan fingerprint density at radius 2 is 2.11 bits per heavy atom. The van der Waals surface area contributed by atoms with Gasteiger partial charge in [-0.05, 0) is 32.8 Å². The molecule has 1 fully saturated rings. The number of thioether (sulfide) groups is 1. The van der Waals surface area contributed by atoms with Crippen molar-refractivity contribution in [3.63, 3.8) is 0 Å². The summed E-state index contributed by atoms with van der Waals surface area (Å²) in [5, 5.41) is 3.46. The fourth-order valence-corrected chi connectivity index (χ4v) is 4.47. The summed E-state index contributed by atoms with van der Waals surface area (Å²) in [7, 11) is 0. The van der Waals surface area contributed by atoms with E-state index in [1.165, 1.54) is 5.56 Å². The molecule has 6 heteroatoms. The standard InChI is InChI=1S/C21H31N5S/c1-4-22-20(26-14-15-27-21(2,3)17-26)24-16-19-23-11-13-25(19)12-10-18-8-6-5-7-9-18/h5-9,11,13H,4,10,12,14-17H2,1-3H3,(H,22,24). The number of hydrogen-bond donors (Lipinski definition) is 1. The van der Waals surface area contributed by atoms with Crippen LogP contribution in [0.1, 0.15) is 32.2 Å². The van der Waals surface area contributed by atoms with Crippen molar-refractivity contribution in [3.05, 3.63) is 54.1 Å². The quantitative estimate of drug-likeness (QED) is 0.611. The van der Waals surface area contributed by atoms with Gasteiger partial charge in [0.2, 0.25) is 0 Å². The molecule has 0 spiro atoms. The third kappa shape index (κ3) is 5.76. The zero-order valence-electron chi connectivity index (χ0n) is 16.7. The number of aromatic nitrogens is 2. The number of nitrogens with zero attached hydrogens (tertiary/aromatic N) is 4. The first-order valence-electron chi connectivity index (χ1n) is 9.78. The van der Waals surface area contributed by atoms with Crippen molar-refractivity contribution in [3.8, 4) is 0 Å². The molecule has 0 amide bonds. The fourth-order valence-electron chi connectivity index (χ4n) is 3.36. The molecule has 1 aromatic heterocycles. The average Bonchev–Trinajstić information content (AvgIpc) is 3.11. The molecule has 1 aromatic carbocycles. The molecule has 0 radical (unpaired) electrons. The number of aryl methyl sites for hydroxylation is 2. The highest BCUT2D eigenvalue weighted by atomic mass is 32.2. The lowest BCUT2D eigenvalue weighted by Crippen LogP contribution is -2.51. The molecular formula is C21H31N5S. The van der Waals surface area contributed by atoms with Gasteiger partial charge in [-0.15, -0.1) is 0 Å². The molecule has 3 rings (SSSR count). The molecule has 1 N–H and O–H groups in total. The number of nitrogens with one attached hydrogen (secondary N) is 1. The molecule has 1 aliphatic heterocycles. The Morgan fingerprint density at radius 1 is 1.30 bits per heavy atom. The minimum absolute atomic E-state index is 0.266. The van der Waals surface area contributed by atoms with Gasteiger partial charge in [0, 0.05) is 49.1 Å². The van der Waals surface area contributed by atoms with E-state index in [1.54, 1.807) is 0 Å². The first-order valence-corrected chi connectivity index (χ1v) is 10.8. The molecule has 0 saturated carbocycles. The lowest BCUT2D eigenvalue weighted by molar-refractivity contribution is 0.375. The van der Waals surface area contributed by atoms with E-state index in [4.69, 9.17) is 4.99 Å². The second kappa shape index (κ2) is 9.31. The Hall–Kier alpha value is -1.95. The van der Waals surface area contributed by atoms with Gasteiger partial charge in [-0.2, -0.15) is 11.8 Å². The first-order chi connectivity index (χ1) is 13.1. The molecule has 5 nitrogen and oxygen atoms in total. The highest BCUT2D eigenvalue weighted by Crippen LogP contribution is 2.29. The predicted molar refractivity (Wildman–Crippen MR) is 115 cm³/mol. The number of aliphatic imine (C=N–C) groups is 1. The zero-order chi connectivity index (χ0) is 19.1. The van der Waals surface area contributed by atoms with Gasteiger partial charge in [0.1, 0.15) is 12.4 Å². The molecule has 2 aromatic rings. The van der Waals surface area contributed by atoms with E-state index >= 15 is 0 Å². The summed E-state index contributed by atoms with van der Waals surface area (Å²) >= 11 is 2.04. The van der Waals surface area contributed by atoms with Crippen LogP contribution in [0.25, 0.3) is 0 Å². The van der Waals surface area contributed by atoms with Crippen molar-refractivity contribution < 1.29 is 0 Å². The number of rotatable bonds is 6. The third-order valence-corrected chi connectivity index (χ3v) is 6.01. The maximum absolute atomic E-state index is 4.90. The van der Waals surface area contributed by atoms with Crippen LogP contribution in [-0.2, 0) is 19.5 Å². The van der Waals surface area contributed by atoms with Crippen LogP contribution in [0.15, 0.2) is 47.7 Å². The van der Waals surface area contributed by atoms with Gasteiger partial charge in [0.05, 0.1) is 0 Å². The monoisotopic (exact) mass is 385 g/mol. The minimum Gasteiger partial charge on any atom is -0.357 e. The largest absolute Gasteiger partial charge is 0.357 e. The van der Waals surface area contributed by atoms with Crippen molar-refractivity contribution >= 4 is 17.7 Å². The minimum atomic E-state index is 0.266. The van der Waals surface area contributed by atoms with E-state index in [0.29, 0.717) is 6.54 Å². The Kier molecular flexibility index (Phi) is 6.83. The van der Waals surface area contributed by atoms with Crippen LogP contribution in [0.2, 0.25) is 0 Å². The molecule has 1 aliphatic rings. The SMILES string of the molecule is CCNC(=NCc1nccn1CCc1ccccc1)N1CCSC(C)(C)C1. The van der Waals surface area contributed by atoms with Crippen LogP contribution in [0.5, 0.6) is 0 Å².